The van der Waals surface area contributed by atoms with Crippen molar-refractivity contribution in [1.82, 2.24) is 5.16 Å². The van der Waals surface area contributed by atoms with Crippen LogP contribution in [0.1, 0.15) is 25.5 Å². The Kier molecular flexibility index (Phi) is 3.70. The molecule has 2 aromatic rings. The van der Waals surface area contributed by atoms with Gasteiger partial charge in [0.05, 0.1) is 12.1 Å². The molecule has 0 aliphatic rings. The lowest BCUT2D eigenvalue weighted by Crippen LogP contribution is -2.01. The highest BCUT2D eigenvalue weighted by atomic mass is 16.5. The summed E-state index contributed by atoms with van der Waals surface area (Å²) in [5.74, 6) is 0.922. The molecule has 0 unspecified atom stereocenters. The molecule has 0 saturated carbocycles. The molecule has 0 bridgehead atoms. The number of carbonyl (C=O) groups is 1. The molecule has 0 radical (unpaired) electrons. The maximum Gasteiger partial charge on any atom is 0.167 e. The minimum atomic E-state index is 0.209. The Morgan fingerprint density at radius 2 is 2.06 bits per heavy atom. The Labute approximate surface area is 100 Å². The molecule has 0 fully saturated rings. The monoisotopic (exact) mass is 229 g/mol. The van der Waals surface area contributed by atoms with Crippen LogP contribution < -0.4 is 0 Å². The number of benzene rings is 1. The molecule has 2 rings (SSSR count). The van der Waals surface area contributed by atoms with Crippen molar-refractivity contribution in [2.45, 2.75) is 26.2 Å². The number of rotatable bonds is 5. The fraction of sp³-hybridized carbons (Fsp3) is 0.286. The predicted molar refractivity (Wildman–Crippen MR) is 65.6 cm³/mol. The number of nitrogens with zero attached hydrogens (tertiary/aromatic N) is 1. The van der Waals surface area contributed by atoms with E-state index >= 15 is 0 Å². The smallest absolute Gasteiger partial charge is 0.167 e. The van der Waals surface area contributed by atoms with Gasteiger partial charge in [0.15, 0.2) is 5.76 Å². The van der Waals surface area contributed by atoms with Gasteiger partial charge < -0.3 is 4.52 Å². The van der Waals surface area contributed by atoms with Gasteiger partial charge in [0, 0.05) is 18.1 Å². The highest BCUT2D eigenvalue weighted by molar-refractivity contribution is 5.80. The standard InChI is InChI=1S/C14H15NO2/c1-2-6-13(16)9-12-10-14(17-15-12)11-7-4-3-5-8-11/h3-5,7-8,10H,2,6,9H2,1H3. The van der Waals surface area contributed by atoms with E-state index in [0.29, 0.717) is 24.3 Å². The van der Waals surface area contributed by atoms with Crippen LogP contribution in [0.25, 0.3) is 11.3 Å². The van der Waals surface area contributed by atoms with Crippen LogP contribution in [-0.2, 0) is 11.2 Å². The van der Waals surface area contributed by atoms with Crippen molar-refractivity contribution in [3.05, 3.63) is 42.1 Å². The van der Waals surface area contributed by atoms with Gasteiger partial charge >= 0.3 is 0 Å². The Hall–Kier alpha value is -1.90. The molecule has 17 heavy (non-hydrogen) atoms. The third-order valence-corrected chi connectivity index (χ3v) is 2.52. The van der Waals surface area contributed by atoms with Crippen molar-refractivity contribution >= 4 is 5.78 Å². The van der Waals surface area contributed by atoms with E-state index in [2.05, 4.69) is 5.16 Å². The molecule has 3 nitrogen and oxygen atoms in total. The lowest BCUT2D eigenvalue weighted by molar-refractivity contribution is -0.118. The van der Waals surface area contributed by atoms with Gasteiger partial charge in [0.25, 0.3) is 0 Å². The molecule has 0 spiro atoms. The van der Waals surface area contributed by atoms with E-state index in [-0.39, 0.29) is 5.78 Å². The molecule has 1 heterocycles. The summed E-state index contributed by atoms with van der Waals surface area (Å²) in [7, 11) is 0. The number of hydrogen-bond donors (Lipinski definition) is 0. The van der Waals surface area contributed by atoms with Crippen molar-refractivity contribution in [2.75, 3.05) is 0 Å². The van der Waals surface area contributed by atoms with E-state index in [9.17, 15) is 4.79 Å². The summed E-state index contributed by atoms with van der Waals surface area (Å²) in [4.78, 5) is 11.5. The zero-order valence-corrected chi connectivity index (χ0v) is 9.85. The van der Waals surface area contributed by atoms with Gasteiger partial charge in [-0.1, -0.05) is 42.4 Å². The normalized spacial score (nSPS) is 10.4. The fourth-order valence-electron chi connectivity index (χ4n) is 1.70. The van der Waals surface area contributed by atoms with E-state index in [4.69, 9.17) is 4.52 Å². The van der Waals surface area contributed by atoms with Gasteiger partial charge in [-0.2, -0.15) is 0 Å². The molecule has 88 valence electrons. The first-order valence-electron chi connectivity index (χ1n) is 5.82. The van der Waals surface area contributed by atoms with E-state index in [1.54, 1.807) is 0 Å². The van der Waals surface area contributed by atoms with Gasteiger partial charge in [0.2, 0.25) is 0 Å². The number of hydrogen-bond acceptors (Lipinski definition) is 3. The molecule has 0 atom stereocenters. The van der Waals surface area contributed by atoms with Crippen LogP contribution in [0.15, 0.2) is 40.9 Å². The summed E-state index contributed by atoms with van der Waals surface area (Å²) in [6.07, 6.45) is 1.85. The van der Waals surface area contributed by atoms with E-state index in [1.807, 2.05) is 43.3 Å². The van der Waals surface area contributed by atoms with E-state index in [0.717, 1.165) is 12.0 Å². The Morgan fingerprint density at radius 1 is 1.29 bits per heavy atom. The maximum absolute atomic E-state index is 11.5. The van der Waals surface area contributed by atoms with Crippen molar-refractivity contribution < 1.29 is 9.32 Å². The molecule has 0 aliphatic carbocycles. The predicted octanol–water partition coefficient (Wildman–Crippen LogP) is 3.25. The lowest BCUT2D eigenvalue weighted by Gasteiger charge is -1.93. The number of Topliss-reactive ketones (excluding diaryl/α,β-unsaturated/α-hetero) is 1. The van der Waals surface area contributed by atoms with Crippen LogP contribution in [0, 0.1) is 0 Å². The molecule has 0 N–H and O–H groups in total. The van der Waals surface area contributed by atoms with Gasteiger partial charge in [-0.25, -0.2) is 0 Å². The highest BCUT2D eigenvalue weighted by Crippen LogP contribution is 2.20. The molecule has 0 aliphatic heterocycles. The summed E-state index contributed by atoms with van der Waals surface area (Å²) in [6, 6.07) is 11.6. The first-order chi connectivity index (χ1) is 8.29. The van der Waals surface area contributed by atoms with E-state index in [1.165, 1.54) is 0 Å². The Morgan fingerprint density at radius 3 is 2.76 bits per heavy atom. The van der Waals surface area contributed by atoms with Crippen LogP contribution in [0.3, 0.4) is 0 Å². The lowest BCUT2D eigenvalue weighted by atomic mass is 10.1. The SMILES string of the molecule is CCCC(=O)Cc1cc(-c2ccccc2)on1. The molecule has 1 aromatic carbocycles. The third-order valence-electron chi connectivity index (χ3n) is 2.52. The fourth-order valence-corrected chi connectivity index (χ4v) is 1.70. The molecular formula is C14H15NO2. The summed E-state index contributed by atoms with van der Waals surface area (Å²) >= 11 is 0. The summed E-state index contributed by atoms with van der Waals surface area (Å²) < 4.78 is 5.23. The van der Waals surface area contributed by atoms with Gasteiger partial charge in [0.1, 0.15) is 5.78 Å². The van der Waals surface area contributed by atoms with Crippen LogP contribution >= 0.6 is 0 Å². The van der Waals surface area contributed by atoms with Gasteiger partial charge in [-0.15, -0.1) is 0 Å². The van der Waals surface area contributed by atoms with Crippen LogP contribution in [0.4, 0.5) is 0 Å². The first-order valence-corrected chi connectivity index (χ1v) is 5.82. The number of aromatic nitrogens is 1. The largest absolute Gasteiger partial charge is 0.356 e. The Balaban J connectivity index is 2.09. The van der Waals surface area contributed by atoms with Crippen molar-refractivity contribution in [1.29, 1.82) is 0 Å². The van der Waals surface area contributed by atoms with Crippen molar-refractivity contribution in [3.63, 3.8) is 0 Å². The summed E-state index contributed by atoms with van der Waals surface area (Å²) in [5, 5.41) is 3.92. The number of carbonyl (C=O) groups excluding carboxylic acids is 1. The van der Waals surface area contributed by atoms with E-state index < -0.39 is 0 Å². The van der Waals surface area contributed by atoms with Gasteiger partial charge in [-0.3, -0.25) is 4.79 Å². The zero-order valence-electron chi connectivity index (χ0n) is 9.85. The minimum Gasteiger partial charge on any atom is -0.356 e. The average Bonchev–Trinajstić information content (AvgIpc) is 2.79. The molecule has 3 heteroatoms. The molecule has 0 amide bonds. The van der Waals surface area contributed by atoms with Crippen molar-refractivity contribution in [2.24, 2.45) is 0 Å². The summed E-state index contributed by atoms with van der Waals surface area (Å²) in [5.41, 5.74) is 1.69. The zero-order chi connectivity index (χ0) is 12.1. The van der Waals surface area contributed by atoms with Gasteiger partial charge in [-0.05, 0) is 6.42 Å². The molecule has 0 saturated heterocycles. The first kappa shape index (κ1) is 11.6. The highest BCUT2D eigenvalue weighted by Gasteiger charge is 2.09. The quantitative estimate of drug-likeness (QED) is 0.790. The summed E-state index contributed by atoms with van der Waals surface area (Å²) in [6.45, 7) is 2.00. The van der Waals surface area contributed by atoms with Crippen LogP contribution in [0.2, 0.25) is 0 Å². The second-order valence-corrected chi connectivity index (χ2v) is 4.01. The molecule has 1 aromatic heterocycles. The topological polar surface area (TPSA) is 43.1 Å². The maximum atomic E-state index is 11.5. The third kappa shape index (κ3) is 3.03. The minimum absolute atomic E-state index is 0.209. The molecular weight excluding hydrogens is 214 g/mol. The van der Waals surface area contributed by atoms with Crippen LogP contribution in [-0.4, -0.2) is 10.9 Å². The second-order valence-electron chi connectivity index (χ2n) is 4.01. The van der Waals surface area contributed by atoms with Crippen LogP contribution in [0.5, 0.6) is 0 Å². The Bertz CT molecular complexity index is 488. The van der Waals surface area contributed by atoms with Crippen molar-refractivity contribution in [3.8, 4) is 11.3 Å². The number of ketones is 1. The second kappa shape index (κ2) is 5.43. The average molecular weight is 229 g/mol.